The first-order chi connectivity index (χ1) is 8.13. The third-order valence-corrected chi connectivity index (χ3v) is 3.11. The molecule has 2 rings (SSSR count). The number of aromatic nitrogens is 1. The highest BCUT2D eigenvalue weighted by atomic mass is 15.1. The predicted octanol–water partition coefficient (Wildman–Crippen LogP) is 2.54. The van der Waals surface area contributed by atoms with Crippen molar-refractivity contribution >= 4 is 16.6 Å². The standard InChI is InChI=1S/C14H19N3/c1-10(2)17(3)14-8-11(9-15)16-13-7-5-4-6-12(13)14/h4-8,10H,9,15H2,1-3H3. The molecule has 0 aliphatic rings. The second kappa shape index (κ2) is 4.72. The van der Waals surface area contributed by atoms with Crippen LogP contribution in [0, 0.1) is 0 Å². The van der Waals surface area contributed by atoms with Gasteiger partial charge < -0.3 is 10.6 Å². The van der Waals surface area contributed by atoms with Crippen molar-refractivity contribution in [1.29, 1.82) is 0 Å². The molecule has 1 aromatic heterocycles. The zero-order valence-corrected chi connectivity index (χ0v) is 10.6. The molecule has 1 aromatic carbocycles. The zero-order valence-electron chi connectivity index (χ0n) is 10.6. The van der Waals surface area contributed by atoms with Crippen LogP contribution >= 0.6 is 0 Å². The fourth-order valence-corrected chi connectivity index (χ4v) is 1.88. The van der Waals surface area contributed by atoms with Crippen LogP contribution in [-0.4, -0.2) is 18.1 Å². The van der Waals surface area contributed by atoms with Gasteiger partial charge in [-0.15, -0.1) is 0 Å². The molecule has 0 radical (unpaired) electrons. The summed E-state index contributed by atoms with van der Waals surface area (Å²) in [5, 5.41) is 1.18. The van der Waals surface area contributed by atoms with E-state index in [4.69, 9.17) is 5.73 Å². The lowest BCUT2D eigenvalue weighted by atomic mass is 10.1. The lowest BCUT2D eigenvalue weighted by Crippen LogP contribution is -2.26. The molecule has 3 nitrogen and oxygen atoms in total. The van der Waals surface area contributed by atoms with Gasteiger partial charge in [-0.3, -0.25) is 4.98 Å². The number of rotatable bonds is 3. The minimum absolute atomic E-state index is 0.450. The Hall–Kier alpha value is -1.61. The number of nitrogens with two attached hydrogens (primary N) is 1. The van der Waals surface area contributed by atoms with Crippen LogP contribution in [0.15, 0.2) is 30.3 Å². The van der Waals surface area contributed by atoms with E-state index in [0.29, 0.717) is 12.6 Å². The first-order valence-corrected chi connectivity index (χ1v) is 5.95. The number of hydrogen-bond acceptors (Lipinski definition) is 3. The third kappa shape index (κ3) is 2.24. The van der Waals surface area contributed by atoms with Crippen molar-refractivity contribution in [3.8, 4) is 0 Å². The average molecular weight is 229 g/mol. The van der Waals surface area contributed by atoms with Crippen molar-refractivity contribution in [2.45, 2.75) is 26.4 Å². The van der Waals surface area contributed by atoms with Crippen molar-refractivity contribution in [3.05, 3.63) is 36.0 Å². The largest absolute Gasteiger partial charge is 0.372 e. The topological polar surface area (TPSA) is 42.1 Å². The number of benzene rings is 1. The molecule has 0 saturated heterocycles. The minimum atomic E-state index is 0.450. The van der Waals surface area contributed by atoms with E-state index in [1.54, 1.807) is 0 Å². The van der Waals surface area contributed by atoms with Gasteiger partial charge in [0.2, 0.25) is 0 Å². The average Bonchev–Trinajstić information content (AvgIpc) is 2.36. The van der Waals surface area contributed by atoms with Gasteiger partial charge in [-0.1, -0.05) is 18.2 Å². The van der Waals surface area contributed by atoms with Crippen LogP contribution in [0.25, 0.3) is 10.9 Å². The van der Waals surface area contributed by atoms with E-state index in [-0.39, 0.29) is 0 Å². The number of nitrogens with zero attached hydrogens (tertiary/aromatic N) is 2. The quantitative estimate of drug-likeness (QED) is 0.879. The zero-order chi connectivity index (χ0) is 12.4. The summed E-state index contributed by atoms with van der Waals surface area (Å²) in [4.78, 5) is 6.80. The summed E-state index contributed by atoms with van der Waals surface area (Å²) in [6, 6.07) is 10.7. The molecular formula is C14H19N3. The molecule has 0 bridgehead atoms. The van der Waals surface area contributed by atoms with Gasteiger partial charge in [-0.2, -0.15) is 0 Å². The van der Waals surface area contributed by atoms with Crippen LogP contribution < -0.4 is 10.6 Å². The number of hydrogen-bond donors (Lipinski definition) is 1. The van der Waals surface area contributed by atoms with Gasteiger partial charge in [-0.25, -0.2) is 0 Å². The molecule has 2 N–H and O–H groups in total. The molecule has 0 unspecified atom stereocenters. The van der Waals surface area contributed by atoms with Crippen molar-refractivity contribution in [3.63, 3.8) is 0 Å². The molecular weight excluding hydrogens is 210 g/mol. The van der Waals surface area contributed by atoms with E-state index in [9.17, 15) is 0 Å². The van der Waals surface area contributed by atoms with Crippen LogP contribution in [0.2, 0.25) is 0 Å². The first-order valence-electron chi connectivity index (χ1n) is 5.95. The van der Waals surface area contributed by atoms with E-state index in [0.717, 1.165) is 11.2 Å². The summed E-state index contributed by atoms with van der Waals surface area (Å²) < 4.78 is 0. The lowest BCUT2D eigenvalue weighted by Gasteiger charge is -2.25. The van der Waals surface area contributed by atoms with Crippen LogP contribution in [0.1, 0.15) is 19.5 Å². The van der Waals surface area contributed by atoms with Crippen molar-refractivity contribution < 1.29 is 0 Å². The molecule has 0 saturated carbocycles. The van der Waals surface area contributed by atoms with Crippen LogP contribution in [0.5, 0.6) is 0 Å². The van der Waals surface area contributed by atoms with Gasteiger partial charge in [-0.05, 0) is 26.0 Å². The summed E-state index contributed by atoms with van der Waals surface area (Å²) in [5.74, 6) is 0. The van der Waals surface area contributed by atoms with Crippen molar-refractivity contribution in [2.75, 3.05) is 11.9 Å². The van der Waals surface area contributed by atoms with E-state index in [2.05, 4.69) is 42.9 Å². The fourth-order valence-electron chi connectivity index (χ4n) is 1.88. The second-order valence-electron chi connectivity index (χ2n) is 4.56. The van der Waals surface area contributed by atoms with Crippen LogP contribution in [0.3, 0.4) is 0 Å². The second-order valence-corrected chi connectivity index (χ2v) is 4.56. The Morgan fingerprint density at radius 1 is 1.29 bits per heavy atom. The minimum Gasteiger partial charge on any atom is -0.372 e. The molecule has 2 aromatic rings. The molecule has 0 amide bonds. The smallest absolute Gasteiger partial charge is 0.0726 e. The SMILES string of the molecule is CC(C)N(C)c1cc(CN)nc2ccccc12. The molecule has 0 fully saturated rings. The third-order valence-electron chi connectivity index (χ3n) is 3.11. The summed E-state index contributed by atoms with van der Waals surface area (Å²) in [6.07, 6.45) is 0. The highest BCUT2D eigenvalue weighted by molar-refractivity contribution is 5.91. The number of anilines is 1. The van der Waals surface area contributed by atoms with Gasteiger partial charge in [0.1, 0.15) is 0 Å². The molecule has 0 aliphatic heterocycles. The van der Waals surface area contributed by atoms with Gasteiger partial charge in [0.25, 0.3) is 0 Å². The van der Waals surface area contributed by atoms with Gasteiger partial charge in [0, 0.05) is 30.7 Å². The Kier molecular flexibility index (Phi) is 3.29. The summed E-state index contributed by atoms with van der Waals surface area (Å²) in [5.41, 5.74) is 8.85. The van der Waals surface area contributed by atoms with E-state index in [1.807, 2.05) is 18.2 Å². The maximum absolute atomic E-state index is 5.70. The molecule has 0 aliphatic carbocycles. The van der Waals surface area contributed by atoms with Gasteiger partial charge >= 0.3 is 0 Å². The molecule has 0 spiro atoms. The van der Waals surface area contributed by atoms with Gasteiger partial charge in [0.15, 0.2) is 0 Å². The van der Waals surface area contributed by atoms with E-state index < -0.39 is 0 Å². The van der Waals surface area contributed by atoms with Crippen molar-refractivity contribution in [1.82, 2.24) is 4.98 Å². The molecule has 0 atom stereocenters. The van der Waals surface area contributed by atoms with Crippen LogP contribution in [0.4, 0.5) is 5.69 Å². The fraction of sp³-hybridized carbons (Fsp3) is 0.357. The Balaban J connectivity index is 2.66. The van der Waals surface area contributed by atoms with Crippen molar-refractivity contribution in [2.24, 2.45) is 5.73 Å². The number of fused-ring (bicyclic) bond motifs is 1. The maximum Gasteiger partial charge on any atom is 0.0726 e. The lowest BCUT2D eigenvalue weighted by molar-refractivity contribution is 0.756. The summed E-state index contributed by atoms with van der Waals surface area (Å²) in [6.45, 7) is 4.83. The summed E-state index contributed by atoms with van der Waals surface area (Å²) in [7, 11) is 2.10. The van der Waals surface area contributed by atoms with E-state index in [1.165, 1.54) is 11.1 Å². The van der Waals surface area contributed by atoms with E-state index >= 15 is 0 Å². The highest BCUT2D eigenvalue weighted by Gasteiger charge is 2.11. The molecule has 1 heterocycles. The Morgan fingerprint density at radius 2 is 2.00 bits per heavy atom. The Labute approximate surface area is 102 Å². The number of para-hydroxylation sites is 1. The summed E-state index contributed by atoms with van der Waals surface area (Å²) >= 11 is 0. The Morgan fingerprint density at radius 3 is 2.65 bits per heavy atom. The predicted molar refractivity (Wildman–Crippen MR) is 73.2 cm³/mol. The molecule has 17 heavy (non-hydrogen) atoms. The van der Waals surface area contributed by atoms with Crippen LogP contribution in [-0.2, 0) is 6.54 Å². The first kappa shape index (κ1) is 11.9. The highest BCUT2D eigenvalue weighted by Crippen LogP contribution is 2.27. The van der Waals surface area contributed by atoms with Gasteiger partial charge in [0.05, 0.1) is 11.2 Å². The maximum atomic E-state index is 5.70. The Bertz CT molecular complexity index is 520. The molecule has 3 heteroatoms. The molecule has 90 valence electrons. The number of pyridine rings is 1. The normalized spacial score (nSPS) is 11.1. The monoisotopic (exact) mass is 229 g/mol.